The summed E-state index contributed by atoms with van der Waals surface area (Å²) in [6.07, 6.45) is 1.61. The fraction of sp³-hybridized carbons (Fsp3) is 0.200. The Kier molecular flexibility index (Phi) is 3.66. The summed E-state index contributed by atoms with van der Waals surface area (Å²) in [4.78, 5) is 24.5. The Balaban J connectivity index is 2.22. The van der Waals surface area contributed by atoms with Crippen LogP contribution < -0.4 is 15.0 Å². The van der Waals surface area contributed by atoms with E-state index in [0.29, 0.717) is 27.2 Å². The first-order valence-electron chi connectivity index (χ1n) is 6.43. The number of hydrogen-bond donors (Lipinski definition) is 0. The van der Waals surface area contributed by atoms with E-state index in [4.69, 9.17) is 14.2 Å². The van der Waals surface area contributed by atoms with Gasteiger partial charge < -0.3 is 14.2 Å². The first kappa shape index (κ1) is 14.6. The number of aromatic nitrogens is 1. The molecule has 2 aromatic rings. The van der Waals surface area contributed by atoms with Crippen LogP contribution in [0.3, 0.4) is 0 Å². The van der Waals surface area contributed by atoms with Gasteiger partial charge in [0, 0.05) is 16.7 Å². The largest absolute Gasteiger partial charge is 0.465 e. The summed E-state index contributed by atoms with van der Waals surface area (Å²) in [5, 5.41) is 0. The average Bonchev–Trinajstić information content (AvgIpc) is 2.98. The molecule has 0 amide bonds. The normalized spacial score (nSPS) is 12.3. The molecule has 0 fully saturated rings. The van der Waals surface area contributed by atoms with Crippen molar-refractivity contribution in [2.75, 3.05) is 13.9 Å². The maximum Gasteiger partial charge on any atom is 0.343 e. The van der Waals surface area contributed by atoms with Gasteiger partial charge in [0.1, 0.15) is 5.56 Å². The van der Waals surface area contributed by atoms with Gasteiger partial charge in [0.15, 0.2) is 11.5 Å². The van der Waals surface area contributed by atoms with Crippen LogP contribution in [0.15, 0.2) is 33.7 Å². The monoisotopic (exact) mass is 365 g/mol. The highest BCUT2D eigenvalue weighted by Crippen LogP contribution is 2.33. The lowest BCUT2D eigenvalue weighted by atomic mass is 10.1. The lowest BCUT2D eigenvalue weighted by molar-refractivity contribution is 0.0597. The van der Waals surface area contributed by atoms with E-state index in [0.717, 1.165) is 0 Å². The maximum absolute atomic E-state index is 12.6. The van der Waals surface area contributed by atoms with E-state index in [2.05, 4.69) is 15.9 Å². The molecule has 2 heterocycles. The van der Waals surface area contributed by atoms with Crippen molar-refractivity contribution in [3.05, 3.63) is 50.3 Å². The lowest BCUT2D eigenvalue weighted by Gasteiger charge is -2.12. The molecule has 0 saturated heterocycles. The van der Waals surface area contributed by atoms with E-state index in [1.165, 1.54) is 11.7 Å². The molecule has 7 heteroatoms. The van der Waals surface area contributed by atoms with Crippen molar-refractivity contribution in [1.29, 1.82) is 0 Å². The van der Waals surface area contributed by atoms with Gasteiger partial charge in [-0.3, -0.25) is 9.36 Å². The third-order valence-electron chi connectivity index (χ3n) is 3.43. The average molecular weight is 366 g/mol. The Labute approximate surface area is 134 Å². The van der Waals surface area contributed by atoms with Crippen LogP contribution in [0.25, 0.3) is 5.69 Å². The minimum atomic E-state index is -0.668. The molecular formula is C15H12BrNO5. The number of carbonyl (C=O) groups is 1. The second-order valence-corrected chi connectivity index (χ2v) is 5.54. The second-order valence-electron chi connectivity index (χ2n) is 4.68. The number of esters is 1. The van der Waals surface area contributed by atoms with Gasteiger partial charge in [0.2, 0.25) is 6.79 Å². The quantitative estimate of drug-likeness (QED) is 0.764. The highest BCUT2D eigenvalue weighted by molar-refractivity contribution is 9.10. The number of benzene rings is 1. The summed E-state index contributed by atoms with van der Waals surface area (Å²) in [6, 6.07) is 5.12. The van der Waals surface area contributed by atoms with Crippen molar-refractivity contribution in [2.45, 2.75) is 6.92 Å². The molecule has 0 unspecified atom stereocenters. The number of ether oxygens (including phenoxy) is 3. The molecule has 0 N–H and O–H groups in total. The van der Waals surface area contributed by atoms with Gasteiger partial charge in [0.05, 0.1) is 12.8 Å². The van der Waals surface area contributed by atoms with Crippen LogP contribution in [-0.2, 0) is 4.74 Å². The van der Waals surface area contributed by atoms with Crippen LogP contribution in [0.4, 0.5) is 0 Å². The molecule has 22 heavy (non-hydrogen) atoms. The van der Waals surface area contributed by atoms with Crippen molar-refractivity contribution in [3.63, 3.8) is 0 Å². The maximum atomic E-state index is 12.6. The predicted octanol–water partition coefficient (Wildman–Crippen LogP) is 2.42. The SMILES string of the molecule is COC(=O)c1c(C)c(Br)cn(-c2ccc3c(c2)OCO3)c1=O. The van der Waals surface area contributed by atoms with E-state index in [9.17, 15) is 9.59 Å². The summed E-state index contributed by atoms with van der Waals surface area (Å²) in [7, 11) is 1.24. The van der Waals surface area contributed by atoms with Gasteiger partial charge >= 0.3 is 5.97 Å². The molecule has 1 aliphatic rings. The Bertz CT molecular complexity index is 827. The number of methoxy groups -OCH3 is 1. The summed E-state index contributed by atoms with van der Waals surface area (Å²) in [5.74, 6) is 0.509. The number of pyridine rings is 1. The molecule has 0 atom stereocenters. The minimum absolute atomic E-state index is 0.00505. The predicted molar refractivity (Wildman–Crippen MR) is 81.9 cm³/mol. The van der Waals surface area contributed by atoms with Crippen molar-refractivity contribution in [2.24, 2.45) is 0 Å². The molecule has 114 valence electrons. The summed E-state index contributed by atoms with van der Waals surface area (Å²) in [6.45, 7) is 1.83. The molecular weight excluding hydrogens is 354 g/mol. The smallest absolute Gasteiger partial charge is 0.343 e. The summed E-state index contributed by atoms with van der Waals surface area (Å²) in [5.41, 5.74) is 0.648. The van der Waals surface area contributed by atoms with Gasteiger partial charge in [-0.25, -0.2) is 4.79 Å². The third-order valence-corrected chi connectivity index (χ3v) is 4.23. The van der Waals surface area contributed by atoms with Crippen molar-refractivity contribution in [1.82, 2.24) is 4.57 Å². The van der Waals surface area contributed by atoms with Gasteiger partial charge in [0.25, 0.3) is 5.56 Å². The van der Waals surface area contributed by atoms with Gasteiger partial charge in [-0.2, -0.15) is 0 Å². The van der Waals surface area contributed by atoms with Crippen molar-refractivity contribution in [3.8, 4) is 17.2 Å². The zero-order chi connectivity index (χ0) is 15.9. The summed E-state index contributed by atoms with van der Waals surface area (Å²) >= 11 is 3.36. The highest BCUT2D eigenvalue weighted by atomic mass is 79.9. The van der Waals surface area contributed by atoms with Crippen LogP contribution in [0.2, 0.25) is 0 Å². The third kappa shape index (κ3) is 2.27. The molecule has 1 aromatic carbocycles. The van der Waals surface area contributed by atoms with Crippen LogP contribution in [-0.4, -0.2) is 24.4 Å². The number of fused-ring (bicyclic) bond motifs is 1. The standard InChI is InChI=1S/C15H12BrNO5/c1-8-10(16)6-17(14(18)13(8)15(19)20-2)9-3-4-11-12(5-9)22-7-21-11/h3-6H,7H2,1-2H3. The zero-order valence-corrected chi connectivity index (χ0v) is 13.5. The molecule has 0 saturated carbocycles. The number of carbonyl (C=O) groups excluding carboxylic acids is 1. The molecule has 0 aliphatic carbocycles. The van der Waals surface area contributed by atoms with Crippen molar-refractivity contribution < 1.29 is 19.0 Å². The lowest BCUT2D eigenvalue weighted by Crippen LogP contribution is -2.27. The molecule has 1 aliphatic heterocycles. The molecule has 0 bridgehead atoms. The molecule has 1 aromatic heterocycles. The van der Waals surface area contributed by atoms with Crippen molar-refractivity contribution >= 4 is 21.9 Å². The van der Waals surface area contributed by atoms with Crippen LogP contribution >= 0.6 is 15.9 Å². The topological polar surface area (TPSA) is 66.8 Å². The molecule has 0 spiro atoms. The van der Waals surface area contributed by atoms with E-state index < -0.39 is 11.5 Å². The Morgan fingerprint density at radius 2 is 2.05 bits per heavy atom. The van der Waals surface area contributed by atoms with Crippen LogP contribution in [0.5, 0.6) is 11.5 Å². The number of hydrogen-bond acceptors (Lipinski definition) is 5. The number of rotatable bonds is 2. The minimum Gasteiger partial charge on any atom is -0.465 e. The Hall–Kier alpha value is -2.28. The van der Waals surface area contributed by atoms with Crippen LogP contribution in [0, 0.1) is 6.92 Å². The number of halogens is 1. The second kappa shape index (κ2) is 5.49. The highest BCUT2D eigenvalue weighted by Gasteiger charge is 2.21. The van der Waals surface area contributed by atoms with Crippen LogP contribution in [0.1, 0.15) is 15.9 Å². The first-order chi connectivity index (χ1) is 10.5. The van der Waals surface area contributed by atoms with Gasteiger partial charge in [-0.1, -0.05) is 0 Å². The molecule has 0 radical (unpaired) electrons. The van der Waals surface area contributed by atoms with E-state index in [1.807, 2.05) is 0 Å². The van der Waals surface area contributed by atoms with Gasteiger partial charge in [-0.15, -0.1) is 0 Å². The van der Waals surface area contributed by atoms with E-state index in [1.54, 1.807) is 31.3 Å². The molecule has 6 nitrogen and oxygen atoms in total. The zero-order valence-electron chi connectivity index (χ0n) is 11.9. The van der Waals surface area contributed by atoms with E-state index in [-0.39, 0.29) is 12.4 Å². The number of nitrogens with zero attached hydrogens (tertiary/aromatic N) is 1. The van der Waals surface area contributed by atoms with Gasteiger partial charge in [-0.05, 0) is 40.5 Å². The Morgan fingerprint density at radius 1 is 1.32 bits per heavy atom. The fourth-order valence-electron chi connectivity index (χ4n) is 2.24. The fourth-order valence-corrected chi connectivity index (χ4v) is 2.64. The first-order valence-corrected chi connectivity index (χ1v) is 7.22. The summed E-state index contributed by atoms with van der Waals surface area (Å²) < 4.78 is 17.3. The molecule has 3 rings (SSSR count). The Morgan fingerprint density at radius 3 is 2.77 bits per heavy atom. The van der Waals surface area contributed by atoms with E-state index >= 15 is 0 Å².